The lowest BCUT2D eigenvalue weighted by atomic mass is 10.1. The van der Waals surface area contributed by atoms with E-state index in [2.05, 4.69) is 5.32 Å². The lowest BCUT2D eigenvalue weighted by Gasteiger charge is -2.17. The molecule has 5 rings (SSSR count). The minimum absolute atomic E-state index is 0.108. The number of carbonyl (C=O) groups is 3. The summed E-state index contributed by atoms with van der Waals surface area (Å²) in [5, 5.41) is 3.42. The zero-order valence-corrected chi connectivity index (χ0v) is 21.8. The highest BCUT2D eigenvalue weighted by atomic mass is 35.5. The Morgan fingerprint density at radius 1 is 1.05 bits per heavy atom. The van der Waals surface area contributed by atoms with E-state index in [0.717, 1.165) is 18.4 Å². The van der Waals surface area contributed by atoms with Crippen molar-refractivity contribution in [1.82, 2.24) is 4.90 Å². The summed E-state index contributed by atoms with van der Waals surface area (Å²) >= 11 is 5.98. The van der Waals surface area contributed by atoms with Gasteiger partial charge in [-0.05, 0) is 92.9 Å². The number of amides is 3. The Kier molecular flexibility index (Phi) is 7.35. The molecule has 3 aromatic carbocycles. The molecular weight excluding hydrogens is 508 g/mol. The number of carbonyl (C=O) groups excluding carboxylic acids is 3. The highest BCUT2D eigenvalue weighted by Gasteiger charge is 2.37. The monoisotopic (exact) mass is 534 g/mol. The normalized spacial score (nSPS) is 17.3. The summed E-state index contributed by atoms with van der Waals surface area (Å²) in [5.41, 5.74) is 2.10. The largest absolute Gasteiger partial charge is 0.481 e. The van der Waals surface area contributed by atoms with Gasteiger partial charge in [0.05, 0.1) is 23.8 Å². The number of rotatable bonds is 8. The van der Waals surface area contributed by atoms with Crippen molar-refractivity contribution in [3.05, 3.63) is 82.4 Å². The lowest BCUT2D eigenvalue weighted by Crippen LogP contribution is -2.36. The molecule has 1 saturated heterocycles. The molecule has 2 aliphatic rings. The summed E-state index contributed by atoms with van der Waals surface area (Å²) < 4.78 is 17.3. The second-order valence-corrected chi connectivity index (χ2v) is 9.79. The van der Waals surface area contributed by atoms with Crippen molar-refractivity contribution < 1.29 is 28.6 Å². The first-order valence-corrected chi connectivity index (χ1v) is 12.8. The molecule has 0 bridgehead atoms. The second-order valence-electron chi connectivity index (χ2n) is 9.35. The predicted molar refractivity (Wildman–Crippen MR) is 142 cm³/mol. The predicted octanol–water partition coefficient (Wildman–Crippen LogP) is 5.62. The summed E-state index contributed by atoms with van der Waals surface area (Å²) in [7, 11) is 0. The molecule has 0 aromatic heterocycles. The van der Waals surface area contributed by atoms with Crippen LogP contribution >= 0.6 is 11.6 Å². The molecule has 3 amide bonds. The van der Waals surface area contributed by atoms with E-state index >= 15 is 0 Å². The van der Waals surface area contributed by atoms with E-state index in [4.69, 9.17) is 25.8 Å². The third kappa shape index (κ3) is 5.51. The van der Waals surface area contributed by atoms with Crippen molar-refractivity contribution in [3.63, 3.8) is 0 Å². The van der Waals surface area contributed by atoms with Crippen molar-refractivity contribution >= 4 is 35.0 Å². The number of aryl methyl sites for hydroxylation is 1. The van der Waals surface area contributed by atoms with Gasteiger partial charge in [0.1, 0.15) is 17.2 Å². The molecule has 8 nitrogen and oxygen atoms in total. The van der Waals surface area contributed by atoms with E-state index in [1.54, 1.807) is 67.6 Å². The number of imide groups is 1. The van der Waals surface area contributed by atoms with Gasteiger partial charge >= 0.3 is 0 Å². The van der Waals surface area contributed by atoms with Gasteiger partial charge in [0, 0.05) is 17.3 Å². The maximum absolute atomic E-state index is 12.9. The van der Waals surface area contributed by atoms with Crippen LogP contribution in [-0.2, 0) is 9.53 Å². The van der Waals surface area contributed by atoms with Gasteiger partial charge in [0.2, 0.25) is 0 Å². The molecule has 2 aliphatic heterocycles. The van der Waals surface area contributed by atoms with Crippen molar-refractivity contribution in [2.45, 2.75) is 38.9 Å². The fourth-order valence-electron chi connectivity index (χ4n) is 4.47. The number of fused-ring (bicyclic) bond motifs is 1. The molecule has 0 spiro atoms. The third-order valence-corrected chi connectivity index (χ3v) is 6.75. The minimum atomic E-state index is -0.725. The summed E-state index contributed by atoms with van der Waals surface area (Å²) in [6.07, 6.45) is 0.941. The standard InChI is InChI=1S/C29H27ClN2O6/c1-17-14-19(30)5-12-26(17)37-18(2)27(33)31-20-6-8-21(9-7-20)38-22-10-11-24-25(15-22)29(35)32(28(24)34)16-23-4-3-13-36-23/h5-12,14-15,18,23H,3-4,13,16H2,1-2H3,(H,31,33). The number of hydrogen-bond donors (Lipinski definition) is 1. The van der Waals surface area contributed by atoms with Crippen LogP contribution in [0.3, 0.4) is 0 Å². The Hall–Kier alpha value is -3.88. The van der Waals surface area contributed by atoms with Gasteiger partial charge in [-0.15, -0.1) is 0 Å². The average molecular weight is 535 g/mol. The molecule has 0 radical (unpaired) electrons. The number of anilines is 1. The third-order valence-electron chi connectivity index (χ3n) is 6.52. The molecule has 2 unspecified atom stereocenters. The lowest BCUT2D eigenvalue weighted by molar-refractivity contribution is -0.122. The Morgan fingerprint density at radius 2 is 1.79 bits per heavy atom. The average Bonchev–Trinajstić information content (AvgIpc) is 3.50. The summed E-state index contributed by atoms with van der Waals surface area (Å²) in [5.74, 6) is 0.580. The molecule has 1 fully saturated rings. The van der Waals surface area contributed by atoms with Crippen LogP contribution in [0.25, 0.3) is 0 Å². The van der Waals surface area contributed by atoms with Crippen LogP contribution in [-0.4, -0.2) is 48.0 Å². The van der Waals surface area contributed by atoms with Crippen LogP contribution in [0.4, 0.5) is 5.69 Å². The molecule has 38 heavy (non-hydrogen) atoms. The SMILES string of the molecule is Cc1cc(Cl)ccc1OC(C)C(=O)Nc1ccc(Oc2ccc3c(c2)C(=O)N(CC2CCCO2)C3=O)cc1. The Bertz CT molecular complexity index is 1380. The smallest absolute Gasteiger partial charge is 0.265 e. The number of benzene rings is 3. The summed E-state index contributed by atoms with van der Waals surface area (Å²) in [6, 6.07) is 16.9. The number of nitrogens with zero attached hydrogens (tertiary/aromatic N) is 1. The van der Waals surface area contributed by atoms with E-state index in [-0.39, 0.29) is 30.4 Å². The summed E-state index contributed by atoms with van der Waals surface area (Å²) in [4.78, 5) is 39.5. The van der Waals surface area contributed by atoms with E-state index in [9.17, 15) is 14.4 Å². The number of nitrogens with one attached hydrogen (secondary N) is 1. The number of ether oxygens (including phenoxy) is 3. The first-order chi connectivity index (χ1) is 18.3. The fraction of sp³-hybridized carbons (Fsp3) is 0.276. The number of hydrogen-bond acceptors (Lipinski definition) is 6. The van der Waals surface area contributed by atoms with Gasteiger partial charge in [0.15, 0.2) is 6.10 Å². The zero-order chi connectivity index (χ0) is 26.8. The van der Waals surface area contributed by atoms with Gasteiger partial charge in [0.25, 0.3) is 17.7 Å². The van der Waals surface area contributed by atoms with Gasteiger partial charge in [-0.3, -0.25) is 19.3 Å². The molecule has 9 heteroatoms. The van der Waals surface area contributed by atoms with Crippen molar-refractivity contribution in [1.29, 1.82) is 0 Å². The van der Waals surface area contributed by atoms with E-state index in [1.807, 2.05) is 6.92 Å². The quantitative estimate of drug-likeness (QED) is 0.377. The van der Waals surface area contributed by atoms with Gasteiger partial charge in [-0.2, -0.15) is 0 Å². The molecule has 0 aliphatic carbocycles. The Balaban J connectivity index is 1.19. The second kappa shape index (κ2) is 10.8. The van der Waals surface area contributed by atoms with Crippen LogP contribution in [0.2, 0.25) is 5.02 Å². The molecule has 2 atom stereocenters. The molecule has 196 valence electrons. The molecule has 3 aromatic rings. The van der Waals surface area contributed by atoms with Gasteiger partial charge in [-0.1, -0.05) is 11.6 Å². The maximum atomic E-state index is 12.9. The number of halogens is 1. The Labute approximate surface area is 225 Å². The van der Waals surface area contributed by atoms with Crippen LogP contribution < -0.4 is 14.8 Å². The van der Waals surface area contributed by atoms with Crippen LogP contribution in [0.15, 0.2) is 60.7 Å². The van der Waals surface area contributed by atoms with Crippen molar-refractivity contribution in [2.75, 3.05) is 18.5 Å². The minimum Gasteiger partial charge on any atom is -0.481 e. The zero-order valence-electron chi connectivity index (χ0n) is 21.0. The van der Waals surface area contributed by atoms with Crippen LogP contribution in [0.5, 0.6) is 17.2 Å². The topological polar surface area (TPSA) is 94.2 Å². The molecule has 2 heterocycles. The summed E-state index contributed by atoms with van der Waals surface area (Å²) in [6.45, 7) is 4.45. The van der Waals surface area contributed by atoms with Gasteiger partial charge < -0.3 is 19.5 Å². The van der Waals surface area contributed by atoms with Crippen molar-refractivity contribution in [3.8, 4) is 17.2 Å². The maximum Gasteiger partial charge on any atom is 0.265 e. The highest BCUT2D eigenvalue weighted by molar-refractivity contribution is 6.30. The first-order valence-electron chi connectivity index (χ1n) is 12.4. The van der Waals surface area contributed by atoms with Gasteiger partial charge in [-0.25, -0.2) is 0 Å². The van der Waals surface area contributed by atoms with E-state index < -0.39 is 6.10 Å². The van der Waals surface area contributed by atoms with E-state index in [0.29, 0.717) is 45.7 Å². The van der Waals surface area contributed by atoms with Crippen molar-refractivity contribution in [2.24, 2.45) is 0 Å². The Morgan fingerprint density at radius 3 is 2.50 bits per heavy atom. The fourth-order valence-corrected chi connectivity index (χ4v) is 4.69. The molecule has 1 N–H and O–H groups in total. The first kappa shape index (κ1) is 25.8. The van der Waals surface area contributed by atoms with Crippen LogP contribution in [0, 0.1) is 6.92 Å². The molecular formula is C29H27ClN2O6. The van der Waals surface area contributed by atoms with E-state index in [1.165, 1.54) is 4.90 Å². The molecule has 0 saturated carbocycles. The van der Waals surface area contributed by atoms with Crippen LogP contribution in [0.1, 0.15) is 46.0 Å². The highest BCUT2D eigenvalue weighted by Crippen LogP contribution is 2.31.